The second kappa shape index (κ2) is 6.69. The molecule has 0 spiro atoms. The topological polar surface area (TPSA) is 93.6 Å². The molecular formula is C18H21ClN2O4. The van der Waals surface area contributed by atoms with Crippen LogP contribution in [0.1, 0.15) is 36.7 Å². The fourth-order valence-electron chi connectivity index (χ4n) is 3.65. The first-order chi connectivity index (χ1) is 11.9. The zero-order valence-electron chi connectivity index (χ0n) is 14.0. The Balaban J connectivity index is 1.89. The van der Waals surface area contributed by atoms with Crippen LogP contribution in [-0.2, 0) is 4.79 Å². The number of carboxylic acid groups (broad SMARTS) is 1. The number of benzene rings is 1. The standard InChI is InChI=1S/C18H21ClN2O4/c1-2-6-18(17(24)25)10-21(7-5-15(18)22)16(23)14-9-11-8-12(19)3-4-13(11)20-14/h3-4,8-9,15,20,22H,2,5-7,10H2,1H3,(H,24,25)/t15-,18-/m0/s1. The van der Waals surface area contributed by atoms with Gasteiger partial charge in [-0.05, 0) is 37.1 Å². The normalized spacial score (nSPS) is 23.8. The molecule has 7 heteroatoms. The van der Waals surface area contributed by atoms with Crippen molar-refractivity contribution in [1.29, 1.82) is 0 Å². The van der Waals surface area contributed by atoms with Gasteiger partial charge >= 0.3 is 5.97 Å². The number of likely N-dealkylation sites (tertiary alicyclic amines) is 1. The van der Waals surface area contributed by atoms with E-state index in [1.54, 1.807) is 24.3 Å². The molecule has 25 heavy (non-hydrogen) atoms. The smallest absolute Gasteiger partial charge is 0.314 e. The highest BCUT2D eigenvalue weighted by Crippen LogP contribution is 2.36. The average molecular weight is 365 g/mol. The van der Waals surface area contributed by atoms with E-state index in [4.69, 9.17) is 11.6 Å². The Morgan fingerprint density at radius 2 is 2.16 bits per heavy atom. The molecule has 3 rings (SSSR count). The van der Waals surface area contributed by atoms with Crippen molar-refractivity contribution >= 4 is 34.4 Å². The number of carbonyl (C=O) groups excluding carboxylic acids is 1. The first kappa shape index (κ1) is 17.8. The third-order valence-corrected chi connectivity index (χ3v) is 5.24. The molecule has 134 valence electrons. The van der Waals surface area contributed by atoms with Gasteiger partial charge in [-0.15, -0.1) is 0 Å². The summed E-state index contributed by atoms with van der Waals surface area (Å²) in [5, 5.41) is 21.4. The number of halogens is 1. The van der Waals surface area contributed by atoms with Gasteiger partial charge in [-0.3, -0.25) is 9.59 Å². The van der Waals surface area contributed by atoms with Crippen LogP contribution >= 0.6 is 11.6 Å². The third kappa shape index (κ3) is 3.12. The number of aliphatic hydroxyl groups is 1. The fraction of sp³-hybridized carbons (Fsp3) is 0.444. The molecule has 0 bridgehead atoms. The Bertz CT molecular complexity index is 819. The molecule has 0 saturated carbocycles. The molecule has 0 radical (unpaired) electrons. The molecule has 1 aliphatic heterocycles. The second-order valence-electron chi connectivity index (χ2n) is 6.66. The molecule has 2 aromatic rings. The molecule has 1 saturated heterocycles. The summed E-state index contributed by atoms with van der Waals surface area (Å²) in [6.07, 6.45) is 0.256. The van der Waals surface area contributed by atoms with Crippen molar-refractivity contribution in [2.75, 3.05) is 13.1 Å². The maximum absolute atomic E-state index is 12.9. The number of hydrogen-bond acceptors (Lipinski definition) is 3. The first-order valence-corrected chi connectivity index (χ1v) is 8.74. The van der Waals surface area contributed by atoms with E-state index in [-0.39, 0.29) is 18.9 Å². The number of aliphatic hydroxyl groups excluding tert-OH is 1. The summed E-state index contributed by atoms with van der Waals surface area (Å²) in [5.41, 5.74) is -0.120. The number of nitrogens with one attached hydrogen (secondary N) is 1. The van der Waals surface area contributed by atoms with E-state index in [1.165, 1.54) is 4.90 Å². The number of fused-ring (bicyclic) bond motifs is 1. The fourth-order valence-corrected chi connectivity index (χ4v) is 3.83. The number of amides is 1. The quantitative estimate of drug-likeness (QED) is 0.777. The van der Waals surface area contributed by atoms with E-state index in [0.717, 1.165) is 10.9 Å². The summed E-state index contributed by atoms with van der Waals surface area (Å²) in [6.45, 7) is 2.21. The number of carbonyl (C=O) groups is 2. The van der Waals surface area contributed by atoms with Gasteiger partial charge in [-0.1, -0.05) is 24.9 Å². The molecule has 0 aliphatic carbocycles. The lowest BCUT2D eigenvalue weighted by Gasteiger charge is -2.43. The van der Waals surface area contributed by atoms with E-state index in [2.05, 4.69) is 4.98 Å². The van der Waals surface area contributed by atoms with Crippen molar-refractivity contribution in [1.82, 2.24) is 9.88 Å². The van der Waals surface area contributed by atoms with Gasteiger partial charge in [-0.2, -0.15) is 0 Å². The highest BCUT2D eigenvalue weighted by atomic mass is 35.5. The van der Waals surface area contributed by atoms with E-state index in [1.807, 2.05) is 6.92 Å². The molecule has 1 fully saturated rings. The van der Waals surface area contributed by atoms with E-state index >= 15 is 0 Å². The van der Waals surface area contributed by atoms with Gasteiger partial charge in [0, 0.05) is 29.0 Å². The number of H-pyrrole nitrogens is 1. The van der Waals surface area contributed by atoms with Crippen molar-refractivity contribution in [2.45, 2.75) is 32.3 Å². The number of piperidine rings is 1. The van der Waals surface area contributed by atoms with Gasteiger partial charge in [0.1, 0.15) is 11.1 Å². The number of aromatic amines is 1. The van der Waals surface area contributed by atoms with Crippen LogP contribution in [0.4, 0.5) is 0 Å². The summed E-state index contributed by atoms with van der Waals surface area (Å²) in [6, 6.07) is 7.02. The van der Waals surface area contributed by atoms with Crippen LogP contribution in [0.3, 0.4) is 0 Å². The van der Waals surface area contributed by atoms with E-state index in [9.17, 15) is 19.8 Å². The van der Waals surface area contributed by atoms with Gasteiger partial charge in [0.15, 0.2) is 0 Å². The van der Waals surface area contributed by atoms with Gasteiger partial charge in [0.2, 0.25) is 0 Å². The van der Waals surface area contributed by atoms with Crippen molar-refractivity contribution in [3.05, 3.63) is 35.0 Å². The van der Waals surface area contributed by atoms with Crippen LogP contribution in [0.15, 0.2) is 24.3 Å². The maximum atomic E-state index is 12.9. The zero-order chi connectivity index (χ0) is 18.2. The van der Waals surface area contributed by atoms with Crippen molar-refractivity contribution in [2.24, 2.45) is 5.41 Å². The van der Waals surface area contributed by atoms with Crippen molar-refractivity contribution in [3.8, 4) is 0 Å². The average Bonchev–Trinajstić information content (AvgIpc) is 2.99. The third-order valence-electron chi connectivity index (χ3n) is 5.01. The summed E-state index contributed by atoms with van der Waals surface area (Å²) < 4.78 is 0. The minimum atomic E-state index is -1.31. The molecule has 1 amide bonds. The van der Waals surface area contributed by atoms with Crippen LogP contribution in [0, 0.1) is 5.41 Å². The first-order valence-electron chi connectivity index (χ1n) is 8.36. The Kier molecular flexibility index (Phi) is 4.75. The van der Waals surface area contributed by atoms with Crippen molar-refractivity contribution < 1.29 is 19.8 Å². The van der Waals surface area contributed by atoms with Crippen molar-refractivity contribution in [3.63, 3.8) is 0 Å². The van der Waals surface area contributed by atoms with Gasteiger partial charge in [0.25, 0.3) is 5.91 Å². The lowest BCUT2D eigenvalue weighted by atomic mass is 9.74. The van der Waals surface area contributed by atoms with Crippen LogP contribution in [-0.4, -0.2) is 51.2 Å². The monoisotopic (exact) mass is 364 g/mol. The molecule has 3 N–H and O–H groups in total. The predicted molar refractivity (Wildman–Crippen MR) is 94.8 cm³/mol. The summed E-state index contributed by atoms with van der Waals surface area (Å²) in [5.74, 6) is -1.32. The molecule has 6 nitrogen and oxygen atoms in total. The SMILES string of the molecule is CCC[C@]1(C(=O)O)CN(C(=O)c2cc3cc(Cl)ccc3[nH]2)CC[C@@H]1O. The molecule has 1 aliphatic rings. The Morgan fingerprint density at radius 3 is 2.84 bits per heavy atom. The lowest BCUT2D eigenvalue weighted by molar-refractivity contribution is -0.162. The molecule has 2 heterocycles. The molecular weight excluding hydrogens is 344 g/mol. The summed E-state index contributed by atoms with van der Waals surface area (Å²) in [7, 11) is 0. The maximum Gasteiger partial charge on any atom is 0.314 e. The number of aromatic nitrogens is 1. The van der Waals surface area contributed by atoms with Crippen LogP contribution in [0.5, 0.6) is 0 Å². The van der Waals surface area contributed by atoms with Gasteiger partial charge in [0.05, 0.1) is 6.10 Å². The zero-order valence-corrected chi connectivity index (χ0v) is 14.7. The number of rotatable bonds is 4. The molecule has 0 unspecified atom stereocenters. The Morgan fingerprint density at radius 1 is 1.40 bits per heavy atom. The van der Waals surface area contributed by atoms with Gasteiger partial charge in [-0.25, -0.2) is 0 Å². The summed E-state index contributed by atoms with van der Waals surface area (Å²) in [4.78, 5) is 29.3. The van der Waals surface area contributed by atoms with Crippen LogP contribution in [0.2, 0.25) is 5.02 Å². The van der Waals surface area contributed by atoms with E-state index < -0.39 is 17.5 Å². The van der Waals surface area contributed by atoms with Crippen LogP contribution < -0.4 is 0 Å². The number of nitrogens with zero attached hydrogens (tertiary/aromatic N) is 1. The molecule has 1 aromatic heterocycles. The highest BCUT2D eigenvalue weighted by Gasteiger charge is 2.49. The molecule has 1 aromatic carbocycles. The highest BCUT2D eigenvalue weighted by molar-refractivity contribution is 6.31. The number of aliphatic carboxylic acids is 1. The van der Waals surface area contributed by atoms with Gasteiger partial charge < -0.3 is 20.1 Å². The largest absolute Gasteiger partial charge is 0.481 e. The number of hydrogen-bond donors (Lipinski definition) is 3. The predicted octanol–water partition coefficient (Wildman–Crippen LogP) is 2.90. The summed E-state index contributed by atoms with van der Waals surface area (Å²) >= 11 is 5.98. The lowest BCUT2D eigenvalue weighted by Crippen LogP contribution is -2.57. The Hall–Kier alpha value is -2.05. The minimum Gasteiger partial charge on any atom is -0.481 e. The van der Waals surface area contributed by atoms with E-state index in [0.29, 0.717) is 30.1 Å². The van der Waals surface area contributed by atoms with Crippen LogP contribution in [0.25, 0.3) is 10.9 Å². The number of carboxylic acids is 1. The minimum absolute atomic E-state index is 0.00624. The molecule has 2 atom stereocenters. The second-order valence-corrected chi connectivity index (χ2v) is 7.09. The Labute approximate surface area is 150 Å².